The highest BCUT2D eigenvalue weighted by atomic mass is 35.5. The number of piperazine rings is 1. The molecule has 8 heteroatoms. The Kier molecular flexibility index (Phi) is 6.77. The lowest BCUT2D eigenvalue weighted by Gasteiger charge is -2.34. The Labute approximate surface area is 169 Å². The number of anilines is 2. The van der Waals surface area contributed by atoms with Crippen molar-refractivity contribution in [2.45, 2.75) is 6.92 Å². The van der Waals surface area contributed by atoms with Gasteiger partial charge < -0.3 is 19.9 Å². The van der Waals surface area contributed by atoms with Crippen LogP contribution in [0.2, 0.25) is 10.0 Å². The number of benzene rings is 1. The van der Waals surface area contributed by atoms with Gasteiger partial charge in [-0.25, -0.2) is 4.98 Å². The maximum atomic E-state index is 12.1. The summed E-state index contributed by atoms with van der Waals surface area (Å²) in [4.78, 5) is 21.2. The van der Waals surface area contributed by atoms with E-state index in [1.807, 2.05) is 12.1 Å². The fourth-order valence-electron chi connectivity index (χ4n) is 2.87. The molecule has 0 saturated carbocycles. The standard InChI is InChI=1S/C19H22Cl2N4O2/c1-2-24-7-9-25(10-8-24)18-6-4-15(12-22-18)23-19(26)13-27-17-5-3-14(20)11-16(17)21/h3-6,11-12H,2,7-10,13H2,1H3,(H,23,26). The zero-order valence-electron chi connectivity index (χ0n) is 15.1. The molecule has 27 heavy (non-hydrogen) atoms. The molecule has 1 fully saturated rings. The van der Waals surface area contributed by atoms with Crippen molar-refractivity contribution in [2.24, 2.45) is 0 Å². The van der Waals surface area contributed by atoms with E-state index in [1.165, 1.54) is 0 Å². The lowest BCUT2D eigenvalue weighted by atomic mass is 10.3. The van der Waals surface area contributed by atoms with Gasteiger partial charge in [-0.15, -0.1) is 0 Å². The van der Waals surface area contributed by atoms with E-state index in [9.17, 15) is 4.79 Å². The first-order valence-electron chi connectivity index (χ1n) is 8.86. The molecular weight excluding hydrogens is 387 g/mol. The van der Waals surface area contributed by atoms with E-state index in [-0.39, 0.29) is 12.5 Å². The molecule has 6 nitrogen and oxygen atoms in total. The van der Waals surface area contributed by atoms with Gasteiger partial charge in [-0.05, 0) is 36.9 Å². The van der Waals surface area contributed by atoms with Gasteiger partial charge in [-0.1, -0.05) is 30.1 Å². The third-order valence-electron chi connectivity index (χ3n) is 4.43. The van der Waals surface area contributed by atoms with Crippen LogP contribution in [0.1, 0.15) is 6.92 Å². The predicted octanol–water partition coefficient (Wildman–Crippen LogP) is 3.55. The fraction of sp³-hybridized carbons (Fsp3) is 0.368. The van der Waals surface area contributed by atoms with Crippen LogP contribution in [0.4, 0.5) is 11.5 Å². The molecule has 0 bridgehead atoms. The number of amides is 1. The number of aromatic nitrogens is 1. The molecule has 0 radical (unpaired) electrons. The zero-order chi connectivity index (χ0) is 19.2. The summed E-state index contributed by atoms with van der Waals surface area (Å²) >= 11 is 11.9. The largest absolute Gasteiger partial charge is 0.482 e. The highest BCUT2D eigenvalue weighted by molar-refractivity contribution is 6.35. The van der Waals surface area contributed by atoms with Crippen LogP contribution in [0, 0.1) is 0 Å². The van der Waals surface area contributed by atoms with Crippen LogP contribution in [0.25, 0.3) is 0 Å². The van der Waals surface area contributed by atoms with Crippen molar-refractivity contribution < 1.29 is 9.53 Å². The Balaban J connectivity index is 1.50. The Morgan fingerprint density at radius 2 is 1.96 bits per heavy atom. The quantitative estimate of drug-likeness (QED) is 0.791. The van der Waals surface area contributed by atoms with Gasteiger partial charge in [-0.3, -0.25) is 4.79 Å². The van der Waals surface area contributed by atoms with Crippen LogP contribution in [-0.2, 0) is 4.79 Å². The molecule has 1 aromatic heterocycles. The van der Waals surface area contributed by atoms with Crippen LogP contribution in [0.15, 0.2) is 36.5 Å². The molecule has 0 atom stereocenters. The third kappa shape index (κ3) is 5.48. The number of carbonyl (C=O) groups is 1. The van der Waals surface area contributed by atoms with Crippen molar-refractivity contribution in [2.75, 3.05) is 49.5 Å². The van der Waals surface area contributed by atoms with Crippen molar-refractivity contribution >= 4 is 40.6 Å². The van der Waals surface area contributed by atoms with Crippen LogP contribution >= 0.6 is 23.2 Å². The third-order valence-corrected chi connectivity index (χ3v) is 4.96. The van der Waals surface area contributed by atoms with Gasteiger partial charge in [0.1, 0.15) is 11.6 Å². The van der Waals surface area contributed by atoms with E-state index < -0.39 is 0 Å². The summed E-state index contributed by atoms with van der Waals surface area (Å²) in [6.45, 7) is 7.11. The second-order valence-electron chi connectivity index (χ2n) is 6.24. The van der Waals surface area contributed by atoms with Crippen molar-refractivity contribution in [1.82, 2.24) is 9.88 Å². The summed E-state index contributed by atoms with van der Waals surface area (Å²) in [5, 5.41) is 3.65. The monoisotopic (exact) mass is 408 g/mol. The molecule has 1 saturated heterocycles. The fourth-order valence-corrected chi connectivity index (χ4v) is 3.34. The lowest BCUT2D eigenvalue weighted by Crippen LogP contribution is -2.46. The van der Waals surface area contributed by atoms with Gasteiger partial charge in [0.2, 0.25) is 0 Å². The molecular formula is C19H22Cl2N4O2. The van der Waals surface area contributed by atoms with Crippen molar-refractivity contribution in [3.05, 3.63) is 46.6 Å². The maximum absolute atomic E-state index is 12.1. The molecule has 2 heterocycles. The van der Waals surface area contributed by atoms with E-state index in [1.54, 1.807) is 24.4 Å². The number of carbonyl (C=O) groups excluding carboxylic acids is 1. The Hall–Kier alpha value is -2.02. The Morgan fingerprint density at radius 1 is 1.19 bits per heavy atom. The molecule has 1 amide bonds. The molecule has 1 aliphatic heterocycles. The molecule has 0 aliphatic carbocycles. The minimum absolute atomic E-state index is 0.151. The highest BCUT2D eigenvalue weighted by Gasteiger charge is 2.16. The molecule has 2 aromatic rings. The summed E-state index contributed by atoms with van der Waals surface area (Å²) in [7, 11) is 0. The smallest absolute Gasteiger partial charge is 0.262 e. The Morgan fingerprint density at radius 3 is 2.59 bits per heavy atom. The summed E-state index contributed by atoms with van der Waals surface area (Å²) in [6, 6.07) is 8.63. The first-order chi connectivity index (χ1) is 13.0. The molecule has 1 aromatic carbocycles. The summed E-state index contributed by atoms with van der Waals surface area (Å²) in [6.07, 6.45) is 1.66. The van der Waals surface area contributed by atoms with E-state index in [0.29, 0.717) is 21.5 Å². The summed E-state index contributed by atoms with van der Waals surface area (Å²) in [5.74, 6) is 1.05. The molecule has 1 N–H and O–H groups in total. The number of nitrogens with one attached hydrogen (secondary N) is 1. The minimum Gasteiger partial charge on any atom is -0.482 e. The van der Waals surface area contributed by atoms with Crippen molar-refractivity contribution in [3.63, 3.8) is 0 Å². The number of hydrogen-bond acceptors (Lipinski definition) is 5. The van der Waals surface area contributed by atoms with E-state index in [0.717, 1.165) is 38.5 Å². The number of pyridine rings is 1. The Bertz CT molecular complexity index is 778. The number of rotatable bonds is 6. The number of halogens is 2. The van der Waals surface area contributed by atoms with Crippen LogP contribution in [0.5, 0.6) is 5.75 Å². The van der Waals surface area contributed by atoms with Gasteiger partial charge in [0.15, 0.2) is 6.61 Å². The van der Waals surface area contributed by atoms with E-state index in [2.05, 4.69) is 27.0 Å². The molecule has 0 unspecified atom stereocenters. The average molecular weight is 409 g/mol. The van der Waals surface area contributed by atoms with Gasteiger partial charge in [0.05, 0.1) is 16.9 Å². The predicted molar refractivity (Wildman–Crippen MR) is 109 cm³/mol. The van der Waals surface area contributed by atoms with Gasteiger partial charge in [0.25, 0.3) is 5.91 Å². The SMILES string of the molecule is CCN1CCN(c2ccc(NC(=O)COc3ccc(Cl)cc3Cl)cn2)CC1. The van der Waals surface area contributed by atoms with Crippen molar-refractivity contribution in [1.29, 1.82) is 0 Å². The van der Waals surface area contributed by atoms with Gasteiger partial charge >= 0.3 is 0 Å². The molecule has 0 spiro atoms. The van der Waals surface area contributed by atoms with Crippen molar-refractivity contribution in [3.8, 4) is 5.75 Å². The first kappa shape index (κ1) is 19.7. The summed E-state index contributed by atoms with van der Waals surface area (Å²) in [5.41, 5.74) is 0.627. The first-order valence-corrected chi connectivity index (χ1v) is 9.62. The van der Waals surface area contributed by atoms with Crippen LogP contribution < -0.4 is 15.0 Å². The molecule has 1 aliphatic rings. The number of nitrogens with zero attached hydrogens (tertiary/aromatic N) is 3. The van der Waals surface area contributed by atoms with Crippen LogP contribution in [0.3, 0.4) is 0 Å². The zero-order valence-corrected chi connectivity index (χ0v) is 16.6. The number of hydrogen-bond donors (Lipinski definition) is 1. The van der Waals surface area contributed by atoms with Gasteiger partial charge in [-0.2, -0.15) is 0 Å². The molecule has 144 valence electrons. The van der Waals surface area contributed by atoms with E-state index >= 15 is 0 Å². The average Bonchev–Trinajstić information content (AvgIpc) is 2.68. The second-order valence-corrected chi connectivity index (χ2v) is 7.08. The topological polar surface area (TPSA) is 57.7 Å². The minimum atomic E-state index is -0.285. The maximum Gasteiger partial charge on any atom is 0.262 e. The molecule has 3 rings (SSSR count). The van der Waals surface area contributed by atoms with Crippen LogP contribution in [-0.4, -0.2) is 55.1 Å². The lowest BCUT2D eigenvalue weighted by molar-refractivity contribution is -0.118. The van der Waals surface area contributed by atoms with E-state index in [4.69, 9.17) is 27.9 Å². The summed E-state index contributed by atoms with van der Waals surface area (Å²) < 4.78 is 5.43. The number of likely N-dealkylation sites (N-methyl/N-ethyl adjacent to an activating group) is 1. The second kappa shape index (κ2) is 9.26. The highest BCUT2D eigenvalue weighted by Crippen LogP contribution is 2.27. The normalized spacial score (nSPS) is 14.9. The number of ether oxygens (including phenoxy) is 1. The van der Waals surface area contributed by atoms with Gasteiger partial charge in [0, 0.05) is 31.2 Å².